The van der Waals surface area contributed by atoms with Gasteiger partial charge in [-0.2, -0.15) is 0 Å². The number of nitrogens with zero attached hydrogens (tertiary/aromatic N) is 1. The summed E-state index contributed by atoms with van der Waals surface area (Å²) in [7, 11) is 1.48. The van der Waals surface area contributed by atoms with E-state index in [1.807, 2.05) is 0 Å². The summed E-state index contributed by atoms with van der Waals surface area (Å²) >= 11 is 6.05. The molecule has 6 nitrogen and oxygen atoms in total. The van der Waals surface area contributed by atoms with E-state index in [2.05, 4.69) is 5.32 Å². The van der Waals surface area contributed by atoms with Crippen molar-refractivity contribution in [3.8, 4) is 0 Å². The predicted octanol–water partition coefficient (Wildman–Crippen LogP) is 2.05. The highest BCUT2D eigenvalue weighted by Crippen LogP contribution is 2.39. The molecule has 0 fully saturated rings. The van der Waals surface area contributed by atoms with Crippen molar-refractivity contribution in [2.24, 2.45) is 0 Å². The number of hydrogen-bond acceptors (Lipinski definition) is 3. The van der Waals surface area contributed by atoms with Gasteiger partial charge in [0.1, 0.15) is 0 Å². The van der Waals surface area contributed by atoms with Gasteiger partial charge in [0.05, 0.1) is 5.54 Å². The van der Waals surface area contributed by atoms with Crippen LogP contribution in [0.2, 0.25) is 5.02 Å². The second-order valence-electron chi connectivity index (χ2n) is 5.51. The van der Waals surface area contributed by atoms with E-state index in [-0.39, 0.29) is 19.1 Å². The van der Waals surface area contributed by atoms with Gasteiger partial charge in [0.25, 0.3) is 5.91 Å². The Hall–Kier alpha value is -1.79. The maximum absolute atomic E-state index is 12.2. The minimum atomic E-state index is -1.02. The molecule has 3 N–H and O–H groups in total. The Labute approximate surface area is 133 Å². The van der Waals surface area contributed by atoms with Crippen LogP contribution in [0.3, 0.4) is 0 Å². The molecule has 2 rings (SSSR count). The van der Waals surface area contributed by atoms with E-state index in [1.165, 1.54) is 11.9 Å². The molecule has 1 aromatic carbocycles. The zero-order chi connectivity index (χ0) is 16.3. The van der Waals surface area contributed by atoms with Gasteiger partial charge < -0.3 is 20.4 Å². The first-order valence-corrected chi connectivity index (χ1v) is 7.45. The van der Waals surface area contributed by atoms with Crippen molar-refractivity contribution in [1.29, 1.82) is 0 Å². The minimum Gasteiger partial charge on any atom is -0.465 e. The van der Waals surface area contributed by atoms with Crippen molar-refractivity contribution in [1.82, 2.24) is 10.2 Å². The van der Waals surface area contributed by atoms with Crippen LogP contribution >= 0.6 is 11.6 Å². The number of carbonyl (C=O) groups excluding carboxylic acids is 1. The third-order valence-electron chi connectivity index (χ3n) is 4.06. The van der Waals surface area contributed by atoms with Gasteiger partial charge in [-0.25, -0.2) is 4.79 Å². The van der Waals surface area contributed by atoms with Crippen LogP contribution in [0.5, 0.6) is 0 Å². The first kappa shape index (κ1) is 16.6. The van der Waals surface area contributed by atoms with Gasteiger partial charge >= 0.3 is 6.09 Å². The molecular weight excluding hydrogens is 308 g/mol. The second-order valence-corrected chi connectivity index (χ2v) is 5.94. The van der Waals surface area contributed by atoms with Crippen molar-refractivity contribution in [3.05, 3.63) is 34.3 Å². The Kier molecular flexibility index (Phi) is 4.93. The lowest BCUT2D eigenvalue weighted by atomic mass is 9.83. The van der Waals surface area contributed by atoms with E-state index in [1.54, 1.807) is 18.2 Å². The fourth-order valence-corrected chi connectivity index (χ4v) is 2.99. The maximum atomic E-state index is 12.2. The minimum absolute atomic E-state index is 0.00227. The molecule has 0 spiro atoms. The molecule has 22 heavy (non-hydrogen) atoms. The molecule has 0 radical (unpaired) electrons. The van der Waals surface area contributed by atoms with Crippen LogP contribution in [0.15, 0.2) is 18.2 Å². The van der Waals surface area contributed by atoms with Crippen LogP contribution in [0.4, 0.5) is 4.79 Å². The van der Waals surface area contributed by atoms with Gasteiger partial charge in [-0.3, -0.25) is 4.79 Å². The number of benzene rings is 1. The third-order valence-corrected chi connectivity index (χ3v) is 4.29. The fraction of sp³-hybridized carbons (Fsp3) is 0.467. The summed E-state index contributed by atoms with van der Waals surface area (Å²) in [6, 6.07) is 5.08. The Bertz CT molecular complexity index is 593. The third kappa shape index (κ3) is 3.18. The molecule has 2 amide bonds. The van der Waals surface area contributed by atoms with Gasteiger partial charge in [0, 0.05) is 30.8 Å². The molecule has 0 saturated heterocycles. The first-order valence-electron chi connectivity index (χ1n) is 7.07. The van der Waals surface area contributed by atoms with Crippen molar-refractivity contribution >= 4 is 23.6 Å². The molecule has 1 aliphatic heterocycles. The van der Waals surface area contributed by atoms with Crippen LogP contribution < -0.4 is 5.32 Å². The quantitative estimate of drug-likeness (QED) is 0.746. The summed E-state index contributed by atoms with van der Waals surface area (Å²) in [5, 5.41) is 21.6. The Morgan fingerprint density at radius 3 is 2.77 bits per heavy atom. The molecule has 0 aliphatic carbocycles. The van der Waals surface area contributed by atoms with E-state index in [4.69, 9.17) is 21.8 Å². The summed E-state index contributed by atoms with van der Waals surface area (Å²) in [6.07, 6.45) is 0.432. The smallest absolute Gasteiger partial charge is 0.407 e. The second kappa shape index (κ2) is 6.54. The monoisotopic (exact) mass is 326 g/mol. The van der Waals surface area contributed by atoms with Gasteiger partial charge in [0.2, 0.25) is 0 Å². The van der Waals surface area contributed by atoms with Gasteiger partial charge in [-0.15, -0.1) is 0 Å². The van der Waals surface area contributed by atoms with Crippen molar-refractivity contribution in [3.63, 3.8) is 0 Å². The lowest BCUT2D eigenvalue weighted by Crippen LogP contribution is -2.42. The molecule has 1 aliphatic rings. The first-order chi connectivity index (χ1) is 10.4. The summed E-state index contributed by atoms with van der Waals surface area (Å²) < 4.78 is 0. The zero-order valence-corrected chi connectivity index (χ0v) is 13.1. The van der Waals surface area contributed by atoms with Crippen molar-refractivity contribution in [2.75, 3.05) is 20.2 Å². The Morgan fingerprint density at radius 2 is 2.14 bits per heavy atom. The van der Waals surface area contributed by atoms with Crippen LogP contribution in [-0.2, 0) is 5.54 Å². The molecular formula is C15H19ClN2O4. The van der Waals surface area contributed by atoms with E-state index in [0.29, 0.717) is 29.8 Å². The molecule has 7 heteroatoms. The highest BCUT2D eigenvalue weighted by Gasteiger charge is 2.42. The lowest BCUT2D eigenvalue weighted by molar-refractivity contribution is 0.0909. The number of nitrogens with one attached hydrogen (secondary N) is 1. The highest BCUT2D eigenvalue weighted by molar-refractivity contribution is 6.30. The van der Waals surface area contributed by atoms with Crippen LogP contribution in [0, 0.1) is 0 Å². The van der Waals surface area contributed by atoms with Crippen molar-refractivity contribution < 1.29 is 19.8 Å². The van der Waals surface area contributed by atoms with E-state index in [0.717, 1.165) is 5.56 Å². The SMILES string of the molecule is CN(CCC1(CCCO)NC(=O)c2ccc(Cl)cc21)C(=O)O. The maximum Gasteiger partial charge on any atom is 0.407 e. The fourth-order valence-electron chi connectivity index (χ4n) is 2.82. The highest BCUT2D eigenvalue weighted by atomic mass is 35.5. The molecule has 0 aromatic heterocycles. The number of fused-ring (bicyclic) bond motifs is 1. The number of halogens is 1. The van der Waals surface area contributed by atoms with Gasteiger partial charge in [-0.05, 0) is 43.0 Å². The number of hydrogen-bond donors (Lipinski definition) is 3. The Morgan fingerprint density at radius 1 is 1.41 bits per heavy atom. The lowest BCUT2D eigenvalue weighted by Gasteiger charge is -2.32. The number of rotatable bonds is 6. The zero-order valence-electron chi connectivity index (χ0n) is 12.3. The summed E-state index contributed by atoms with van der Waals surface area (Å²) in [6.45, 7) is 0.273. The van der Waals surface area contributed by atoms with Crippen LogP contribution in [0.1, 0.15) is 35.2 Å². The number of aliphatic hydroxyl groups is 1. The summed E-state index contributed by atoms with van der Waals surface area (Å²) in [4.78, 5) is 24.3. The average molecular weight is 327 g/mol. The van der Waals surface area contributed by atoms with Crippen LogP contribution in [0.25, 0.3) is 0 Å². The van der Waals surface area contributed by atoms with E-state index >= 15 is 0 Å². The van der Waals surface area contributed by atoms with E-state index < -0.39 is 11.6 Å². The number of amides is 2. The summed E-state index contributed by atoms with van der Waals surface area (Å²) in [5.41, 5.74) is 0.640. The molecule has 1 atom stereocenters. The van der Waals surface area contributed by atoms with E-state index in [9.17, 15) is 9.59 Å². The molecule has 1 heterocycles. The topological polar surface area (TPSA) is 89.9 Å². The van der Waals surface area contributed by atoms with Crippen LogP contribution in [-0.4, -0.2) is 47.3 Å². The number of aliphatic hydroxyl groups excluding tert-OH is 1. The van der Waals surface area contributed by atoms with Gasteiger partial charge in [-0.1, -0.05) is 11.6 Å². The molecule has 1 aromatic rings. The molecule has 120 valence electrons. The number of carbonyl (C=O) groups is 2. The molecule has 0 saturated carbocycles. The average Bonchev–Trinajstić information content (AvgIpc) is 2.75. The predicted molar refractivity (Wildman–Crippen MR) is 82.2 cm³/mol. The molecule has 0 bridgehead atoms. The Balaban J connectivity index is 2.33. The van der Waals surface area contributed by atoms with Crippen molar-refractivity contribution in [2.45, 2.75) is 24.8 Å². The van der Waals surface area contributed by atoms with Gasteiger partial charge in [0.15, 0.2) is 0 Å². The normalized spacial score (nSPS) is 19.7. The molecule has 1 unspecified atom stereocenters. The number of carboxylic acid groups (broad SMARTS) is 1. The summed E-state index contributed by atoms with van der Waals surface area (Å²) in [5.74, 6) is -0.192. The standard InChI is InChI=1S/C15H19ClN2O4/c1-18(14(21)22)7-6-15(5-2-8-19)12-9-10(16)3-4-11(12)13(20)17-15/h3-4,9,19H,2,5-8H2,1H3,(H,17,20)(H,21,22). The largest absolute Gasteiger partial charge is 0.465 e.